The number of β-amino-alcohol motifs (C(OH)–C–C–N with tert-alkyl or cyclic N) is 1. The minimum absolute atomic E-state index is 0.0734. The topological polar surface area (TPSA) is 35.5 Å². The molecule has 0 saturated carbocycles. The largest absolute Gasteiger partial charge is 0.392 e. The molecule has 0 aromatic carbocycles. The molecule has 3 nitrogen and oxygen atoms in total. The number of aliphatic hydroxyl groups excluding tert-OH is 1. The zero-order valence-electron chi connectivity index (χ0n) is 8.21. The summed E-state index contributed by atoms with van der Waals surface area (Å²) in [5, 5.41) is 13.0. The summed E-state index contributed by atoms with van der Waals surface area (Å²) in [5.74, 6) is 0. The predicted octanol–water partition coefficient (Wildman–Crippen LogP) is 0.195. The van der Waals surface area contributed by atoms with Crippen LogP contribution in [0.1, 0.15) is 25.7 Å². The molecule has 2 rings (SSSR count). The molecule has 2 fully saturated rings. The smallest absolute Gasteiger partial charge is 0.0667 e. The van der Waals surface area contributed by atoms with Gasteiger partial charge in [0.1, 0.15) is 0 Å². The van der Waals surface area contributed by atoms with E-state index in [1.165, 1.54) is 25.9 Å². The van der Waals surface area contributed by atoms with E-state index in [0.29, 0.717) is 6.04 Å². The Morgan fingerprint density at radius 3 is 2.85 bits per heavy atom. The highest BCUT2D eigenvalue weighted by molar-refractivity contribution is 4.82. The van der Waals surface area contributed by atoms with Gasteiger partial charge < -0.3 is 10.4 Å². The predicted molar refractivity (Wildman–Crippen MR) is 52.7 cm³/mol. The summed E-state index contributed by atoms with van der Waals surface area (Å²) < 4.78 is 0. The first-order valence-corrected chi connectivity index (χ1v) is 5.49. The van der Waals surface area contributed by atoms with Gasteiger partial charge in [-0.05, 0) is 38.8 Å². The maximum atomic E-state index is 9.55. The van der Waals surface area contributed by atoms with Crippen LogP contribution in [-0.4, -0.2) is 48.3 Å². The van der Waals surface area contributed by atoms with Crippen LogP contribution in [0.4, 0.5) is 0 Å². The van der Waals surface area contributed by atoms with E-state index >= 15 is 0 Å². The number of rotatable bonds is 1. The number of hydrogen-bond donors (Lipinski definition) is 2. The molecule has 2 saturated heterocycles. The van der Waals surface area contributed by atoms with Crippen LogP contribution < -0.4 is 5.32 Å². The molecule has 2 atom stereocenters. The van der Waals surface area contributed by atoms with Crippen molar-refractivity contribution in [3.63, 3.8) is 0 Å². The van der Waals surface area contributed by atoms with Gasteiger partial charge in [0, 0.05) is 19.1 Å². The molecule has 76 valence electrons. The number of nitrogens with zero attached hydrogens (tertiary/aromatic N) is 1. The minimum Gasteiger partial charge on any atom is -0.392 e. The van der Waals surface area contributed by atoms with Crippen molar-refractivity contribution < 1.29 is 5.11 Å². The van der Waals surface area contributed by atoms with Crippen LogP contribution in [-0.2, 0) is 0 Å². The Balaban J connectivity index is 1.83. The van der Waals surface area contributed by atoms with E-state index < -0.39 is 0 Å². The molecule has 2 aliphatic heterocycles. The zero-order valence-corrected chi connectivity index (χ0v) is 8.21. The van der Waals surface area contributed by atoms with Crippen LogP contribution >= 0.6 is 0 Å². The highest BCUT2D eigenvalue weighted by Gasteiger charge is 2.25. The quantitative estimate of drug-likeness (QED) is 0.611. The van der Waals surface area contributed by atoms with Gasteiger partial charge in [0.25, 0.3) is 0 Å². The molecule has 0 bridgehead atoms. The molecule has 2 aliphatic rings. The summed E-state index contributed by atoms with van der Waals surface area (Å²) in [6, 6.07) is 0.684. The summed E-state index contributed by atoms with van der Waals surface area (Å²) in [6.45, 7) is 4.37. The van der Waals surface area contributed by atoms with Gasteiger partial charge in [-0.1, -0.05) is 0 Å². The fraction of sp³-hybridized carbons (Fsp3) is 1.00. The van der Waals surface area contributed by atoms with Gasteiger partial charge in [0.2, 0.25) is 0 Å². The fourth-order valence-electron chi connectivity index (χ4n) is 2.46. The van der Waals surface area contributed by atoms with Crippen LogP contribution in [0.15, 0.2) is 0 Å². The fourth-order valence-corrected chi connectivity index (χ4v) is 2.46. The summed E-state index contributed by atoms with van der Waals surface area (Å²) in [6.07, 6.45) is 4.68. The SMILES string of the molecule is O[C@H]1CCCN([C@H]2CCCNC2)C1. The molecular weight excluding hydrogens is 164 g/mol. The van der Waals surface area contributed by atoms with Gasteiger partial charge in [0.15, 0.2) is 0 Å². The molecule has 2 N–H and O–H groups in total. The van der Waals surface area contributed by atoms with Gasteiger partial charge in [-0.15, -0.1) is 0 Å². The number of nitrogens with one attached hydrogen (secondary N) is 1. The summed E-state index contributed by atoms with van der Waals surface area (Å²) in [4.78, 5) is 2.46. The summed E-state index contributed by atoms with van der Waals surface area (Å²) in [5.41, 5.74) is 0. The molecule has 0 aromatic heterocycles. The highest BCUT2D eigenvalue weighted by Crippen LogP contribution is 2.16. The lowest BCUT2D eigenvalue weighted by molar-refractivity contribution is 0.0398. The number of piperidine rings is 2. The van der Waals surface area contributed by atoms with E-state index in [0.717, 1.165) is 25.9 Å². The molecule has 0 amide bonds. The first-order chi connectivity index (χ1) is 6.36. The van der Waals surface area contributed by atoms with E-state index in [9.17, 15) is 5.11 Å². The Hall–Kier alpha value is -0.120. The van der Waals surface area contributed by atoms with E-state index in [2.05, 4.69) is 10.2 Å². The Bertz CT molecular complexity index is 157. The van der Waals surface area contributed by atoms with Gasteiger partial charge in [-0.25, -0.2) is 0 Å². The van der Waals surface area contributed by atoms with Crippen molar-refractivity contribution in [3.8, 4) is 0 Å². The number of aliphatic hydroxyl groups is 1. The lowest BCUT2D eigenvalue weighted by atomic mass is 10.0. The Labute approximate surface area is 80.1 Å². The average Bonchev–Trinajstić information content (AvgIpc) is 2.19. The van der Waals surface area contributed by atoms with Gasteiger partial charge >= 0.3 is 0 Å². The van der Waals surface area contributed by atoms with Crippen LogP contribution in [0, 0.1) is 0 Å². The first kappa shape index (κ1) is 9.44. The van der Waals surface area contributed by atoms with E-state index in [-0.39, 0.29) is 6.10 Å². The highest BCUT2D eigenvalue weighted by atomic mass is 16.3. The maximum Gasteiger partial charge on any atom is 0.0667 e. The second kappa shape index (κ2) is 4.40. The standard InChI is InChI=1S/C10H20N2O/c13-10-4-2-6-12(8-10)9-3-1-5-11-7-9/h9-11,13H,1-8H2/t9-,10-/m0/s1. The van der Waals surface area contributed by atoms with Crippen LogP contribution in [0.2, 0.25) is 0 Å². The lowest BCUT2D eigenvalue weighted by Gasteiger charge is -2.38. The molecular formula is C10H20N2O. The Kier molecular flexibility index (Phi) is 3.19. The lowest BCUT2D eigenvalue weighted by Crippen LogP contribution is -2.50. The van der Waals surface area contributed by atoms with Crippen molar-refractivity contribution in [2.45, 2.75) is 37.8 Å². The van der Waals surface area contributed by atoms with Crippen molar-refractivity contribution in [1.82, 2.24) is 10.2 Å². The first-order valence-electron chi connectivity index (χ1n) is 5.49. The third-order valence-corrected chi connectivity index (χ3v) is 3.22. The second-order valence-electron chi connectivity index (χ2n) is 4.29. The maximum absolute atomic E-state index is 9.55. The number of hydrogen-bond acceptors (Lipinski definition) is 3. The van der Waals surface area contributed by atoms with Crippen LogP contribution in [0.5, 0.6) is 0 Å². The Morgan fingerprint density at radius 1 is 1.23 bits per heavy atom. The van der Waals surface area contributed by atoms with Crippen molar-refractivity contribution in [1.29, 1.82) is 0 Å². The minimum atomic E-state index is -0.0734. The van der Waals surface area contributed by atoms with Crippen molar-refractivity contribution in [3.05, 3.63) is 0 Å². The number of likely N-dealkylation sites (tertiary alicyclic amines) is 1. The molecule has 0 unspecified atom stereocenters. The average molecular weight is 184 g/mol. The Morgan fingerprint density at radius 2 is 2.15 bits per heavy atom. The summed E-state index contributed by atoms with van der Waals surface area (Å²) >= 11 is 0. The molecule has 0 aliphatic carbocycles. The van der Waals surface area contributed by atoms with Gasteiger partial charge in [0.05, 0.1) is 6.10 Å². The van der Waals surface area contributed by atoms with Crippen LogP contribution in [0.25, 0.3) is 0 Å². The van der Waals surface area contributed by atoms with Crippen molar-refractivity contribution in [2.24, 2.45) is 0 Å². The van der Waals surface area contributed by atoms with Crippen LogP contribution in [0.3, 0.4) is 0 Å². The van der Waals surface area contributed by atoms with Gasteiger partial charge in [-0.3, -0.25) is 4.90 Å². The normalized spacial score (nSPS) is 37.6. The van der Waals surface area contributed by atoms with E-state index in [1.54, 1.807) is 0 Å². The molecule has 2 heterocycles. The van der Waals surface area contributed by atoms with Crippen molar-refractivity contribution in [2.75, 3.05) is 26.2 Å². The molecule has 0 aromatic rings. The molecule has 3 heteroatoms. The zero-order chi connectivity index (χ0) is 9.10. The second-order valence-corrected chi connectivity index (χ2v) is 4.29. The molecule has 0 radical (unpaired) electrons. The third kappa shape index (κ3) is 2.42. The third-order valence-electron chi connectivity index (χ3n) is 3.22. The molecule has 0 spiro atoms. The summed E-state index contributed by atoms with van der Waals surface area (Å²) in [7, 11) is 0. The van der Waals surface area contributed by atoms with Gasteiger partial charge in [-0.2, -0.15) is 0 Å². The molecule has 13 heavy (non-hydrogen) atoms. The monoisotopic (exact) mass is 184 g/mol. The van der Waals surface area contributed by atoms with E-state index in [1.807, 2.05) is 0 Å². The van der Waals surface area contributed by atoms with Crippen molar-refractivity contribution >= 4 is 0 Å². The van der Waals surface area contributed by atoms with E-state index in [4.69, 9.17) is 0 Å².